The normalized spacial score (nSPS) is 9.94. The van der Waals surface area contributed by atoms with Gasteiger partial charge in [-0.25, -0.2) is 0 Å². The van der Waals surface area contributed by atoms with Crippen LogP contribution in [-0.2, 0) is 4.79 Å². The van der Waals surface area contributed by atoms with Gasteiger partial charge >= 0.3 is 0 Å². The van der Waals surface area contributed by atoms with Crippen molar-refractivity contribution in [3.63, 3.8) is 0 Å². The van der Waals surface area contributed by atoms with Crippen LogP contribution in [0.4, 0.5) is 5.69 Å². The van der Waals surface area contributed by atoms with Gasteiger partial charge in [0, 0.05) is 12.1 Å². The molecule has 1 aromatic carbocycles. The maximum absolute atomic E-state index is 11.3. The minimum absolute atomic E-state index is 0.104. The molecule has 0 radical (unpaired) electrons. The molecule has 0 aliphatic carbocycles. The fourth-order valence-corrected chi connectivity index (χ4v) is 1.93. The zero-order valence-electron chi connectivity index (χ0n) is 9.59. The predicted molar refractivity (Wildman–Crippen MR) is 77.4 cm³/mol. The van der Waals surface area contributed by atoms with Crippen LogP contribution in [0.2, 0.25) is 10.0 Å². The Morgan fingerprint density at radius 3 is 2.44 bits per heavy atom. The standard InChI is InChI=1S/C11H12Cl2N2O2S/c1-2-3-9(16)15-11(18)14-6-4-7(12)10(17)8(13)5-6/h4-5,17H,2-3H2,1H3,(H2,14,15,16,18). The fourth-order valence-electron chi connectivity index (χ4n) is 1.22. The maximum Gasteiger partial charge on any atom is 0.226 e. The monoisotopic (exact) mass is 306 g/mol. The summed E-state index contributed by atoms with van der Waals surface area (Å²) in [5, 5.41) is 15.0. The van der Waals surface area contributed by atoms with E-state index in [4.69, 9.17) is 35.4 Å². The van der Waals surface area contributed by atoms with Crippen LogP contribution >= 0.6 is 35.4 Å². The first kappa shape index (κ1) is 15.0. The smallest absolute Gasteiger partial charge is 0.226 e. The molecule has 4 nitrogen and oxygen atoms in total. The highest BCUT2D eigenvalue weighted by Crippen LogP contribution is 2.34. The van der Waals surface area contributed by atoms with E-state index in [2.05, 4.69) is 10.6 Å². The Morgan fingerprint density at radius 1 is 1.39 bits per heavy atom. The minimum atomic E-state index is -0.190. The third-order valence-corrected chi connectivity index (χ3v) is 2.79. The highest BCUT2D eigenvalue weighted by molar-refractivity contribution is 7.80. The highest BCUT2D eigenvalue weighted by atomic mass is 35.5. The Hall–Kier alpha value is -1.04. The van der Waals surface area contributed by atoms with Crippen molar-refractivity contribution in [3.05, 3.63) is 22.2 Å². The summed E-state index contributed by atoms with van der Waals surface area (Å²) in [6, 6.07) is 2.92. The molecule has 7 heteroatoms. The summed E-state index contributed by atoms with van der Waals surface area (Å²) in [5.74, 6) is -0.351. The van der Waals surface area contributed by atoms with Crippen molar-refractivity contribution in [1.82, 2.24) is 5.32 Å². The van der Waals surface area contributed by atoms with E-state index in [1.807, 2.05) is 6.92 Å². The second-order valence-corrected chi connectivity index (χ2v) is 4.76. The summed E-state index contributed by atoms with van der Waals surface area (Å²) in [5.41, 5.74) is 0.490. The van der Waals surface area contributed by atoms with Gasteiger partial charge < -0.3 is 15.7 Å². The number of phenols is 1. The molecule has 1 aromatic rings. The molecular weight excluding hydrogens is 295 g/mol. The minimum Gasteiger partial charge on any atom is -0.505 e. The first-order valence-corrected chi connectivity index (χ1v) is 6.39. The topological polar surface area (TPSA) is 61.4 Å². The number of hydrogen-bond donors (Lipinski definition) is 3. The molecule has 0 aliphatic heterocycles. The number of carbonyl (C=O) groups is 1. The van der Waals surface area contributed by atoms with Gasteiger partial charge in [0.2, 0.25) is 5.91 Å². The Kier molecular flexibility index (Phi) is 5.65. The number of carbonyl (C=O) groups excluding carboxylic acids is 1. The zero-order chi connectivity index (χ0) is 13.7. The van der Waals surface area contributed by atoms with Crippen LogP contribution in [0, 0.1) is 0 Å². The van der Waals surface area contributed by atoms with Crippen molar-refractivity contribution in [3.8, 4) is 5.75 Å². The molecule has 0 spiro atoms. The molecule has 0 unspecified atom stereocenters. The van der Waals surface area contributed by atoms with E-state index in [1.165, 1.54) is 12.1 Å². The molecule has 0 heterocycles. The van der Waals surface area contributed by atoms with E-state index in [-0.39, 0.29) is 26.8 Å². The molecule has 0 aromatic heterocycles. The molecule has 0 fully saturated rings. The Balaban J connectivity index is 2.68. The van der Waals surface area contributed by atoms with Crippen LogP contribution in [0.25, 0.3) is 0 Å². The third-order valence-electron chi connectivity index (χ3n) is 2.00. The number of anilines is 1. The lowest BCUT2D eigenvalue weighted by atomic mass is 10.3. The number of halogens is 2. The van der Waals surface area contributed by atoms with Crippen LogP contribution in [0.1, 0.15) is 19.8 Å². The number of rotatable bonds is 3. The van der Waals surface area contributed by atoms with Crippen molar-refractivity contribution in [2.45, 2.75) is 19.8 Å². The molecule has 0 saturated heterocycles. The van der Waals surface area contributed by atoms with Gasteiger partial charge in [-0.05, 0) is 30.8 Å². The molecule has 1 amide bonds. The largest absolute Gasteiger partial charge is 0.505 e. The van der Waals surface area contributed by atoms with Gasteiger partial charge in [0.25, 0.3) is 0 Å². The van der Waals surface area contributed by atoms with E-state index >= 15 is 0 Å². The first-order valence-electron chi connectivity index (χ1n) is 5.23. The van der Waals surface area contributed by atoms with Crippen molar-refractivity contribution in [1.29, 1.82) is 0 Å². The number of aromatic hydroxyl groups is 1. The molecule has 0 bridgehead atoms. The summed E-state index contributed by atoms with van der Waals surface area (Å²) in [7, 11) is 0. The maximum atomic E-state index is 11.3. The average molecular weight is 307 g/mol. The average Bonchev–Trinajstić information content (AvgIpc) is 2.25. The van der Waals surface area contributed by atoms with Crippen LogP contribution in [0.3, 0.4) is 0 Å². The summed E-state index contributed by atoms with van der Waals surface area (Å²) in [6.07, 6.45) is 1.14. The van der Waals surface area contributed by atoms with Crippen LogP contribution in [0.15, 0.2) is 12.1 Å². The number of hydrogen-bond acceptors (Lipinski definition) is 3. The van der Waals surface area contributed by atoms with E-state index in [9.17, 15) is 9.90 Å². The number of nitrogens with one attached hydrogen (secondary N) is 2. The molecule has 98 valence electrons. The molecular formula is C11H12Cl2N2O2S. The van der Waals surface area contributed by atoms with E-state index in [1.54, 1.807) is 0 Å². The summed E-state index contributed by atoms with van der Waals surface area (Å²) in [6.45, 7) is 1.90. The van der Waals surface area contributed by atoms with E-state index in [0.29, 0.717) is 12.1 Å². The Bertz CT molecular complexity index is 457. The summed E-state index contributed by atoms with van der Waals surface area (Å²) in [4.78, 5) is 11.3. The Labute approximate surface area is 120 Å². The van der Waals surface area contributed by atoms with Crippen LogP contribution in [0.5, 0.6) is 5.75 Å². The SMILES string of the molecule is CCCC(=O)NC(=S)Nc1cc(Cl)c(O)c(Cl)c1. The lowest BCUT2D eigenvalue weighted by Crippen LogP contribution is -2.33. The fraction of sp³-hybridized carbons (Fsp3) is 0.273. The lowest BCUT2D eigenvalue weighted by molar-refractivity contribution is -0.119. The van der Waals surface area contributed by atoms with Gasteiger partial charge in [0.1, 0.15) is 0 Å². The van der Waals surface area contributed by atoms with Gasteiger partial charge in [-0.15, -0.1) is 0 Å². The van der Waals surface area contributed by atoms with Gasteiger partial charge in [0.15, 0.2) is 10.9 Å². The number of thiocarbonyl (C=S) groups is 1. The quantitative estimate of drug-likeness (QED) is 0.592. The molecule has 1 rings (SSSR count). The van der Waals surface area contributed by atoms with Gasteiger partial charge in [-0.1, -0.05) is 30.1 Å². The number of benzene rings is 1. The summed E-state index contributed by atoms with van der Waals surface area (Å²) < 4.78 is 0. The molecule has 18 heavy (non-hydrogen) atoms. The van der Waals surface area contributed by atoms with Crippen LogP contribution in [-0.4, -0.2) is 16.1 Å². The first-order chi connectivity index (χ1) is 8.43. The number of phenolic OH excluding ortho intramolecular Hbond substituents is 1. The van der Waals surface area contributed by atoms with Gasteiger partial charge in [0.05, 0.1) is 10.0 Å². The van der Waals surface area contributed by atoms with Crippen molar-refractivity contribution < 1.29 is 9.90 Å². The predicted octanol–water partition coefficient (Wildman–Crippen LogP) is 3.31. The third kappa shape index (κ3) is 4.33. The van der Waals surface area contributed by atoms with E-state index in [0.717, 1.165) is 6.42 Å². The van der Waals surface area contributed by atoms with Gasteiger partial charge in [-0.3, -0.25) is 4.79 Å². The number of amides is 1. The summed E-state index contributed by atoms with van der Waals surface area (Å²) >= 11 is 16.5. The van der Waals surface area contributed by atoms with Gasteiger partial charge in [-0.2, -0.15) is 0 Å². The second-order valence-electron chi connectivity index (χ2n) is 3.54. The zero-order valence-corrected chi connectivity index (χ0v) is 11.9. The molecule has 0 atom stereocenters. The van der Waals surface area contributed by atoms with Crippen LogP contribution < -0.4 is 10.6 Å². The molecule has 3 N–H and O–H groups in total. The van der Waals surface area contributed by atoms with Crippen molar-refractivity contribution >= 4 is 52.1 Å². The highest BCUT2D eigenvalue weighted by Gasteiger charge is 2.08. The lowest BCUT2D eigenvalue weighted by Gasteiger charge is -2.10. The second kappa shape index (κ2) is 6.78. The van der Waals surface area contributed by atoms with Crippen molar-refractivity contribution in [2.75, 3.05) is 5.32 Å². The molecule has 0 aliphatic rings. The van der Waals surface area contributed by atoms with Crippen molar-refractivity contribution in [2.24, 2.45) is 0 Å². The Morgan fingerprint density at radius 2 is 1.94 bits per heavy atom. The van der Waals surface area contributed by atoms with E-state index < -0.39 is 0 Å². The molecule has 0 saturated carbocycles.